The van der Waals surface area contributed by atoms with Gasteiger partial charge < -0.3 is 14.8 Å². The number of methoxy groups -OCH3 is 1. The van der Waals surface area contributed by atoms with Gasteiger partial charge in [0.15, 0.2) is 17.3 Å². The van der Waals surface area contributed by atoms with Crippen LogP contribution in [0.5, 0.6) is 5.75 Å². The molecule has 0 unspecified atom stereocenters. The van der Waals surface area contributed by atoms with E-state index in [1.165, 1.54) is 13.2 Å². The van der Waals surface area contributed by atoms with Crippen LogP contribution in [0.4, 0.5) is 10.1 Å². The van der Waals surface area contributed by atoms with Gasteiger partial charge in [-0.15, -0.1) is 0 Å². The largest absolute Gasteiger partial charge is 0.494 e. The van der Waals surface area contributed by atoms with Crippen molar-refractivity contribution in [1.82, 2.24) is 9.78 Å². The van der Waals surface area contributed by atoms with Gasteiger partial charge in [-0.25, -0.2) is 13.9 Å². The van der Waals surface area contributed by atoms with Crippen molar-refractivity contribution in [3.8, 4) is 11.4 Å². The number of anilines is 1. The van der Waals surface area contributed by atoms with Crippen molar-refractivity contribution in [2.24, 2.45) is 0 Å². The molecule has 8 heteroatoms. The molecule has 0 saturated carbocycles. The van der Waals surface area contributed by atoms with Gasteiger partial charge in [0.05, 0.1) is 19.4 Å². The smallest absolute Gasteiger partial charge is 0.358 e. The Morgan fingerprint density at radius 1 is 1.13 bits per heavy atom. The third-order valence-corrected chi connectivity index (χ3v) is 4.35. The van der Waals surface area contributed by atoms with Crippen molar-refractivity contribution in [3.63, 3.8) is 0 Å². The number of carbonyl (C=O) groups is 2. The lowest BCUT2D eigenvalue weighted by atomic mass is 10.1. The first-order valence-electron chi connectivity index (χ1n) is 9.45. The lowest BCUT2D eigenvalue weighted by Crippen LogP contribution is -2.12. The molecule has 30 heavy (non-hydrogen) atoms. The molecule has 1 N–H and O–H groups in total. The van der Waals surface area contributed by atoms with Crippen LogP contribution in [-0.4, -0.2) is 35.4 Å². The Morgan fingerprint density at radius 3 is 2.57 bits per heavy atom. The molecular weight excluding hydrogens is 389 g/mol. The molecule has 0 aliphatic rings. The first-order valence-corrected chi connectivity index (χ1v) is 9.45. The van der Waals surface area contributed by atoms with E-state index in [1.807, 2.05) is 0 Å². The monoisotopic (exact) mass is 411 g/mol. The number of rotatable bonds is 8. The zero-order valence-corrected chi connectivity index (χ0v) is 16.7. The minimum atomic E-state index is -0.475. The molecule has 0 saturated heterocycles. The van der Waals surface area contributed by atoms with Gasteiger partial charge in [-0.05, 0) is 61.4 Å². The van der Waals surface area contributed by atoms with Gasteiger partial charge in [0.1, 0.15) is 0 Å². The molecule has 1 aromatic heterocycles. The Kier molecular flexibility index (Phi) is 6.79. The number of aromatic nitrogens is 2. The molecule has 0 fully saturated rings. The maximum Gasteiger partial charge on any atom is 0.358 e. The fourth-order valence-electron chi connectivity index (χ4n) is 2.83. The number of ether oxygens (including phenoxy) is 2. The maximum absolute atomic E-state index is 13.7. The molecule has 0 aliphatic carbocycles. The predicted molar refractivity (Wildman–Crippen MR) is 109 cm³/mol. The number of aryl methyl sites for hydroxylation is 1. The summed E-state index contributed by atoms with van der Waals surface area (Å²) in [6.07, 6.45) is 2.29. The Morgan fingerprint density at radius 2 is 1.90 bits per heavy atom. The summed E-state index contributed by atoms with van der Waals surface area (Å²) in [5.41, 5.74) is 2.30. The molecular formula is C22H22FN3O4. The SMILES string of the molecule is CCOC(=O)c1ccn(-c2ccc(NC(=O)CCc3ccc(OC)c(F)c3)cc2)n1. The number of esters is 1. The standard InChI is InChI=1S/C22H22FN3O4/c1-3-30-22(28)19-12-13-26(25-19)17-8-6-16(7-9-17)24-21(27)11-5-15-4-10-20(29-2)18(23)14-15/h4,6-10,12-14H,3,5,11H2,1-2H3,(H,24,27). The number of carbonyl (C=O) groups excluding carboxylic acids is 2. The molecule has 3 aromatic rings. The Bertz CT molecular complexity index is 1030. The van der Waals surface area contributed by atoms with E-state index in [0.717, 1.165) is 11.3 Å². The lowest BCUT2D eigenvalue weighted by Gasteiger charge is -2.08. The van der Waals surface area contributed by atoms with Gasteiger partial charge in [0.2, 0.25) is 5.91 Å². The molecule has 0 aliphatic heterocycles. The molecule has 1 amide bonds. The molecule has 156 valence electrons. The minimum Gasteiger partial charge on any atom is -0.494 e. The minimum absolute atomic E-state index is 0.176. The van der Waals surface area contributed by atoms with E-state index in [9.17, 15) is 14.0 Å². The molecule has 0 bridgehead atoms. The highest BCUT2D eigenvalue weighted by Crippen LogP contribution is 2.19. The van der Waals surface area contributed by atoms with Gasteiger partial charge in [0.25, 0.3) is 0 Å². The number of hydrogen-bond donors (Lipinski definition) is 1. The predicted octanol–water partition coefficient (Wildman–Crippen LogP) is 3.77. The normalized spacial score (nSPS) is 10.5. The summed E-state index contributed by atoms with van der Waals surface area (Å²) >= 11 is 0. The summed E-state index contributed by atoms with van der Waals surface area (Å²) in [5.74, 6) is -0.926. The van der Waals surface area contributed by atoms with Crippen molar-refractivity contribution < 1.29 is 23.5 Å². The lowest BCUT2D eigenvalue weighted by molar-refractivity contribution is -0.116. The second-order valence-electron chi connectivity index (χ2n) is 6.43. The van der Waals surface area contributed by atoms with Crippen molar-refractivity contribution in [2.45, 2.75) is 19.8 Å². The molecule has 1 heterocycles. The summed E-state index contributed by atoms with van der Waals surface area (Å²) in [6.45, 7) is 2.02. The first kappa shape index (κ1) is 21.0. The molecule has 7 nitrogen and oxygen atoms in total. The number of amides is 1. The third kappa shape index (κ3) is 5.22. The Labute approximate surface area is 173 Å². The van der Waals surface area contributed by atoms with E-state index in [2.05, 4.69) is 10.4 Å². The van der Waals surface area contributed by atoms with Gasteiger partial charge in [-0.2, -0.15) is 5.10 Å². The number of nitrogens with zero attached hydrogens (tertiary/aromatic N) is 2. The number of hydrogen-bond acceptors (Lipinski definition) is 5. The van der Waals surface area contributed by atoms with E-state index >= 15 is 0 Å². The molecule has 0 radical (unpaired) electrons. The fourth-order valence-corrected chi connectivity index (χ4v) is 2.83. The Balaban J connectivity index is 1.55. The van der Waals surface area contributed by atoms with Crippen molar-refractivity contribution in [1.29, 1.82) is 0 Å². The van der Waals surface area contributed by atoms with Crippen LogP contribution < -0.4 is 10.1 Å². The van der Waals surface area contributed by atoms with Crippen LogP contribution in [0.15, 0.2) is 54.7 Å². The van der Waals surface area contributed by atoms with E-state index in [4.69, 9.17) is 9.47 Å². The summed E-state index contributed by atoms with van der Waals surface area (Å²) in [5, 5.41) is 6.99. The topological polar surface area (TPSA) is 82.5 Å². The molecule has 0 atom stereocenters. The highest BCUT2D eigenvalue weighted by molar-refractivity contribution is 5.91. The third-order valence-electron chi connectivity index (χ3n) is 4.35. The number of halogens is 1. The highest BCUT2D eigenvalue weighted by Gasteiger charge is 2.11. The van der Waals surface area contributed by atoms with E-state index in [-0.39, 0.29) is 30.4 Å². The quantitative estimate of drug-likeness (QED) is 0.571. The van der Waals surface area contributed by atoms with Crippen molar-refractivity contribution >= 4 is 17.6 Å². The zero-order valence-electron chi connectivity index (χ0n) is 16.7. The van der Waals surface area contributed by atoms with Crippen molar-refractivity contribution in [3.05, 3.63) is 71.8 Å². The van der Waals surface area contributed by atoms with Crippen LogP contribution in [0, 0.1) is 5.82 Å². The van der Waals surface area contributed by atoms with Gasteiger partial charge in [-0.3, -0.25) is 4.79 Å². The molecule has 3 rings (SSSR count). The maximum atomic E-state index is 13.7. The highest BCUT2D eigenvalue weighted by atomic mass is 19.1. The van der Waals surface area contributed by atoms with Crippen LogP contribution in [0.25, 0.3) is 5.69 Å². The zero-order chi connectivity index (χ0) is 21.5. The van der Waals surface area contributed by atoms with Gasteiger partial charge in [-0.1, -0.05) is 6.07 Å². The van der Waals surface area contributed by atoms with Gasteiger partial charge in [0, 0.05) is 18.3 Å². The average Bonchev–Trinajstić information content (AvgIpc) is 3.23. The van der Waals surface area contributed by atoms with Gasteiger partial charge >= 0.3 is 5.97 Å². The summed E-state index contributed by atoms with van der Waals surface area (Å²) in [4.78, 5) is 23.9. The number of nitrogens with one attached hydrogen (secondary N) is 1. The van der Waals surface area contributed by atoms with E-state index < -0.39 is 11.8 Å². The summed E-state index contributed by atoms with van der Waals surface area (Å²) < 4.78 is 25.1. The van der Waals surface area contributed by atoms with Crippen LogP contribution in [0.3, 0.4) is 0 Å². The average molecular weight is 411 g/mol. The summed E-state index contributed by atoms with van der Waals surface area (Å²) in [7, 11) is 1.41. The van der Waals surface area contributed by atoms with Crippen LogP contribution >= 0.6 is 0 Å². The van der Waals surface area contributed by atoms with Crippen LogP contribution in [-0.2, 0) is 16.0 Å². The van der Waals surface area contributed by atoms with E-state index in [1.54, 1.807) is 60.3 Å². The van der Waals surface area contributed by atoms with Crippen LogP contribution in [0.1, 0.15) is 29.4 Å². The number of benzene rings is 2. The van der Waals surface area contributed by atoms with Crippen LogP contribution in [0.2, 0.25) is 0 Å². The van der Waals surface area contributed by atoms with Crippen molar-refractivity contribution in [2.75, 3.05) is 19.0 Å². The molecule has 0 spiro atoms. The first-order chi connectivity index (χ1) is 14.5. The summed E-state index contributed by atoms with van der Waals surface area (Å²) in [6, 6.07) is 13.3. The Hall–Kier alpha value is -3.68. The van der Waals surface area contributed by atoms with E-state index in [0.29, 0.717) is 12.1 Å². The second kappa shape index (κ2) is 9.69. The second-order valence-corrected chi connectivity index (χ2v) is 6.43. The fraction of sp³-hybridized carbons (Fsp3) is 0.227. The molecule has 2 aromatic carbocycles.